The van der Waals surface area contributed by atoms with E-state index < -0.39 is 21.6 Å². The Labute approximate surface area is 220 Å². The van der Waals surface area contributed by atoms with Crippen molar-refractivity contribution < 1.29 is 42.0 Å². The zero-order valence-corrected chi connectivity index (χ0v) is 21.8. The highest BCUT2D eigenvalue weighted by molar-refractivity contribution is 7.93. The highest BCUT2D eigenvalue weighted by atomic mass is 32.2. The maximum Gasteiger partial charge on any atom is 0.365 e. The second kappa shape index (κ2) is 11.5. The number of amides is 1. The van der Waals surface area contributed by atoms with Gasteiger partial charge in [0.2, 0.25) is 0 Å². The number of aliphatic hydroxyl groups is 1. The monoisotopic (exact) mass is 544 g/mol. The zero-order valence-electron chi connectivity index (χ0n) is 21.0. The van der Waals surface area contributed by atoms with Crippen LogP contribution in [-0.4, -0.2) is 51.4 Å². The number of aliphatic hydroxyl groups excluding tert-OH is 1. The Balaban J connectivity index is 1.78. The Kier molecular flexibility index (Phi) is 8.13. The topological polar surface area (TPSA) is 142 Å². The molecule has 11 nitrogen and oxygen atoms in total. The first-order valence-corrected chi connectivity index (χ1v) is 13.2. The summed E-state index contributed by atoms with van der Waals surface area (Å²) in [4.78, 5) is 12.9. The zero-order chi connectivity index (χ0) is 27.3. The molecule has 1 heterocycles. The molecule has 0 radical (unpaired) electrons. The van der Waals surface area contributed by atoms with Gasteiger partial charge in [-0.15, -0.1) is 0 Å². The average molecular weight is 545 g/mol. The van der Waals surface area contributed by atoms with E-state index in [9.17, 15) is 18.3 Å². The van der Waals surface area contributed by atoms with Gasteiger partial charge in [-0.2, -0.15) is 8.42 Å². The lowest BCUT2D eigenvalue weighted by Crippen LogP contribution is -2.34. The fourth-order valence-corrected chi connectivity index (χ4v) is 4.56. The van der Waals surface area contributed by atoms with Crippen molar-refractivity contribution in [2.24, 2.45) is 0 Å². The van der Waals surface area contributed by atoms with Gasteiger partial charge in [0, 0.05) is 11.6 Å². The van der Waals surface area contributed by atoms with Gasteiger partial charge in [0.15, 0.2) is 34.5 Å². The lowest BCUT2D eigenvalue weighted by Gasteiger charge is -2.21. The Hall–Kier alpha value is -4.16. The Bertz CT molecular complexity index is 1380. The first-order chi connectivity index (χ1) is 18.2. The number of carbonyl (C=O) groups is 1. The number of sulfonamides is 1. The number of hydrogen-bond acceptors (Lipinski definition) is 9. The van der Waals surface area contributed by atoms with Crippen LogP contribution in [0.25, 0.3) is 0 Å². The van der Waals surface area contributed by atoms with Crippen molar-refractivity contribution in [1.29, 1.82) is 0 Å². The van der Waals surface area contributed by atoms with Crippen LogP contribution in [0.15, 0.2) is 60.7 Å². The highest BCUT2D eigenvalue weighted by Gasteiger charge is 2.37. The molecule has 0 saturated heterocycles. The van der Waals surface area contributed by atoms with E-state index in [1.165, 1.54) is 19.2 Å². The number of rotatable bonds is 11. The molecule has 0 fully saturated rings. The standard InChI is InChI=1S/C26H28N2O9S/c1-16(2)27-25(30)17-14-18(28-38(31,32)26-36-21-10-6-7-11-22(21)37-26)24(23(15-17)34-13-12-29)35-20-9-5-4-8-19(20)33-3/h4-11,14-16,26,28-29H,12-13H2,1-3H3,(H,27,30). The van der Waals surface area contributed by atoms with E-state index in [4.69, 9.17) is 23.7 Å². The molecule has 0 aromatic heterocycles. The molecule has 0 bridgehead atoms. The third kappa shape index (κ3) is 6.03. The first kappa shape index (κ1) is 26.9. The number of methoxy groups -OCH3 is 1. The van der Waals surface area contributed by atoms with E-state index in [1.54, 1.807) is 62.4 Å². The van der Waals surface area contributed by atoms with E-state index in [0.717, 1.165) is 0 Å². The number of ether oxygens (including phenoxy) is 5. The van der Waals surface area contributed by atoms with E-state index in [0.29, 0.717) is 5.75 Å². The highest BCUT2D eigenvalue weighted by Crippen LogP contribution is 2.44. The van der Waals surface area contributed by atoms with Crippen LogP contribution in [0, 0.1) is 0 Å². The second-order valence-corrected chi connectivity index (χ2v) is 10.1. The smallest absolute Gasteiger partial charge is 0.365 e. The van der Waals surface area contributed by atoms with Gasteiger partial charge in [-0.25, -0.2) is 0 Å². The molecule has 12 heteroatoms. The molecule has 0 atom stereocenters. The predicted molar refractivity (Wildman–Crippen MR) is 139 cm³/mol. The van der Waals surface area contributed by atoms with Crippen LogP contribution < -0.4 is 33.7 Å². The third-order valence-corrected chi connectivity index (χ3v) is 6.37. The summed E-state index contributed by atoms with van der Waals surface area (Å²) in [6.07, 6.45) is 0. The second-order valence-electron chi connectivity index (χ2n) is 8.42. The minimum atomic E-state index is -4.36. The molecule has 0 spiro atoms. The molecule has 1 aliphatic heterocycles. The van der Waals surface area contributed by atoms with Crippen molar-refractivity contribution in [2.75, 3.05) is 25.0 Å². The number of nitrogens with one attached hydrogen (secondary N) is 2. The fraction of sp³-hybridized carbons (Fsp3) is 0.269. The fourth-order valence-electron chi connectivity index (χ4n) is 3.54. The first-order valence-electron chi connectivity index (χ1n) is 11.7. The molecule has 1 aliphatic rings. The number of benzene rings is 3. The summed E-state index contributed by atoms with van der Waals surface area (Å²) in [6, 6.07) is 15.8. The molecule has 0 aliphatic carbocycles. The van der Waals surface area contributed by atoms with Gasteiger partial charge in [-0.1, -0.05) is 24.3 Å². The van der Waals surface area contributed by atoms with Crippen LogP contribution in [0.3, 0.4) is 0 Å². The van der Waals surface area contributed by atoms with Gasteiger partial charge in [-0.3, -0.25) is 9.52 Å². The molecule has 38 heavy (non-hydrogen) atoms. The van der Waals surface area contributed by atoms with Gasteiger partial charge >= 0.3 is 15.6 Å². The molecule has 1 amide bonds. The molecule has 202 valence electrons. The summed E-state index contributed by atoms with van der Waals surface area (Å²) in [5.74, 6) is 0.631. The van der Waals surface area contributed by atoms with Crippen molar-refractivity contribution in [3.8, 4) is 34.5 Å². The largest absolute Gasteiger partial charge is 0.493 e. The Morgan fingerprint density at radius 2 is 1.63 bits per heavy atom. The van der Waals surface area contributed by atoms with Gasteiger partial charge < -0.3 is 34.1 Å². The lowest BCUT2D eigenvalue weighted by molar-refractivity contribution is 0.0942. The number of carbonyl (C=O) groups excluding carboxylic acids is 1. The Morgan fingerprint density at radius 3 is 2.24 bits per heavy atom. The number of para-hydroxylation sites is 4. The summed E-state index contributed by atoms with van der Waals surface area (Å²) >= 11 is 0. The van der Waals surface area contributed by atoms with E-state index in [2.05, 4.69) is 10.0 Å². The summed E-state index contributed by atoms with van der Waals surface area (Å²) in [7, 11) is -2.90. The van der Waals surface area contributed by atoms with Crippen molar-refractivity contribution in [2.45, 2.75) is 25.5 Å². The molecule has 0 unspecified atom stereocenters. The average Bonchev–Trinajstić information content (AvgIpc) is 3.34. The lowest BCUT2D eigenvalue weighted by atomic mass is 10.1. The van der Waals surface area contributed by atoms with Crippen molar-refractivity contribution in [3.05, 3.63) is 66.2 Å². The Morgan fingerprint density at radius 1 is 1.00 bits per heavy atom. The molecule has 3 aromatic carbocycles. The van der Waals surface area contributed by atoms with Crippen molar-refractivity contribution in [1.82, 2.24) is 5.32 Å². The quantitative estimate of drug-likeness (QED) is 0.331. The molecular formula is C26H28N2O9S. The minimum Gasteiger partial charge on any atom is -0.493 e. The predicted octanol–water partition coefficient (Wildman–Crippen LogP) is 3.49. The molecule has 3 N–H and O–H groups in total. The molecular weight excluding hydrogens is 516 g/mol. The van der Waals surface area contributed by atoms with Crippen LogP contribution in [-0.2, 0) is 10.0 Å². The van der Waals surface area contributed by atoms with Gasteiger partial charge in [0.05, 0.1) is 19.4 Å². The molecule has 0 saturated carbocycles. The molecule has 3 aromatic rings. The van der Waals surface area contributed by atoms with Crippen molar-refractivity contribution >= 4 is 21.6 Å². The van der Waals surface area contributed by atoms with E-state index in [1.807, 2.05) is 0 Å². The summed E-state index contributed by atoms with van der Waals surface area (Å²) < 4.78 is 57.2. The van der Waals surface area contributed by atoms with E-state index >= 15 is 0 Å². The summed E-state index contributed by atoms with van der Waals surface area (Å²) in [6.45, 7) is 3.10. The van der Waals surface area contributed by atoms with Gasteiger partial charge in [0.25, 0.3) is 5.91 Å². The van der Waals surface area contributed by atoms with Crippen LogP contribution in [0.4, 0.5) is 5.69 Å². The SMILES string of the molecule is COc1ccccc1Oc1c(NS(=O)(=O)C2Oc3ccccc3O2)cc(C(=O)NC(C)C)cc1OCCO. The normalized spacial score (nSPS) is 12.8. The van der Waals surface area contributed by atoms with Crippen LogP contribution in [0.5, 0.6) is 34.5 Å². The molecule has 4 rings (SSSR count). The maximum atomic E-state index is 13.4. The number of anilines is 1. The van der Waals surface area contributed by atoms with Crippen LogP contribution in [0.1, 0.15) is 24.2 Å². The van der Waals surface area contributed by atoms with Crippen molar-refractivity contribution in [3.63, 3.8) is 0 Å². The van der Waals surface area contributed by atoms with Gasteiger partial charge in [-0.05, 0) is 50.2 Å². The van der Waals surface area contributed by atoms with Crippen LogP contribution >= 0.6 is 0 Å². The van der Waals surface area contributed by atoms with E-state index in [-0.39, 0.29) is 59.3 Å². The summed E-state index contributed by atoms with van der Waals surface area (Å²) in [5.41, 5.74) is -1.73. The minimum absolute atomic E-state index is 0.00982. The summed E-state index contributed by atoms with van der Waals surface area (Å²) in [5, 5.41) is 12.1. The maximum absolute atomic E-state index is 13.4. The van der Waals surface area contributed by atoms with Gasteiger partial charge in [0.1, 0.15) is 6.61 Å². The van der Waals surface area contributed by atoms with Crippen LogP contribution in [0.2, 0.25) is 0 Å². The third-order valence-electron chi connectivity index (χ3n) is 5.17. The number of fused-ring (bicyclic) bond motifs is 1. The number of hydrogen-bond donors (Lipinski definition) is 3.